The second kappa shape index (κ2) is 18.8. The first-order valence-electron chi connectivity index (χ1n) is 16.9. The molecule has 0 aliphatic carbocycles. The van der Waals surface area contributed by atoms with Crippen LogP contribution in [0.25, 0.3) is 10.9 Å². The van der Waals surface area contributed by atoms with E-state index in [1.54, 1.807) is 0 Å². The van der Waals surface area contributed by atoms with Gasteiger partial charge in [-0.15, -0.1) is 0 Å². The normalized spacial score (nSPS) is 12.8. The van der Waals surface area contributed by atoms with Gasteiger partial charge in [0.15, 0.2) is 5.96 Å². The molecule has 0 aliphatic heterocycles. The van der Waals surface area contributed by atoms with Gasteiger partial charge in [0.2, 0.25) is 23.6 Å². The Morgan fingerprint density at radius 1 is 0.720 bits per heavy atom. The first-order valence-corrected chi connectivity index (χ1v) is 16.9. The van der Waals surface area contributed by atoms with E-state index in [2.05, 4.69) is 31.2 Å². The van der Waals surface area contributed by atoms with Crippen molar-refractivity contribution in [3.05, 3.63) is 108 Å². The van der Waals surface area contributed by atoms with Gasteiger partial charge in [-0.1, -0.05) is 92.7 Å². The fourth-order valence-electron chi connectivity index (χ4n) is 5.56. The molecular formula is C38H48N8O4. The molecule has 0 saturated heterocycles. The lowest BCUT2D eigenvalue weighted by Crippen LogP contribution is -2.58. The van der Waals surface area contributed by atoms with E-state index in [0.29, 0.717) is 13.0 Å². The summed E-state index contributed by atoms with van der Waals surface area (Å²) in [7, 11) is 0. The summed E-state index contributed by atoms with van der Waals surface area (Å²) in [6.07, 6.45) is 2.89. The molecule has 1 aromatic heterocycles. The highest BCUT2D eigenvalue weighted by atomic mass is 16.2. The van der Waals surface area contributed by atoms with Crippen molar-refractivity contribution in [1.82, 2.24) is 26.3 Å². The van der Waals surface area contributed by atoms with E-state index in [-0.39, 0.29) is 55.9 Å². The maximum Gasteiger partial charge on any atom is 0.243 e. The van der Waals surface area contributed by atoms with Crippen molar-refractivity contribution in [2.45, 2.75) is 64.1 Å². The summed E-state index contributed by atoms with van der Waals surface area (Å²) in [5.74, 6) is -1.60. The van der Waals surface area contributed by atoms with E-state index in [9.17, 15) is 19.2 Å². The van der Waals surface area contributed by atoms with Crippen LogP contribution in [0.3, 0.4) is 0 Å². The number of rotatable bonds is 18. The number of nitrogens with two attached hydrogens (primary N) is 2. The number of carbonyl (C=O) groups excluding carboxylic acids is 4. The molecule has 0 aliphatic rings. The lowest BCUT2D eigenvalue weighted by molar-refractivity contribution is -0.133. The Labute approximate surface area is 292 Å². The average Bonchev–Trinajstić information content (AvgIpc) is 3.51. The number of aliphatic imine (C=N–C) groups is 1. The highest BCUT2D eigenvalue weighted by Gasteiger charge is 2.30. The monoisotopic (exact) mass is 680 g/mol. The number of H-pyrrole nitrogens is 1. The number of amides is 4. The van der Waals surface area contributed by atoms with Crippen LogP contribution >= 0.6 is 0 Å². The number of nitrogens with one attached hydrogen (secondary N) is 5. The summed E-state index contributed by atoms with van der Waals surface area (Å²) in [4.78, 5) is 61.9. The molecule has 0 bridgehead atoms. The van der Waals surface area contributed by atoms with Crippen LogP contribution < -0.4 is 32.7 Å². The standard InChI is InChI=1S/C38H48N8O4/c1-25(2)23-43-35(48)32(20-26-12-5-3-6-13-26)45-37(50)33(22-28-24-42-30-17-10-9-16-29(28)30)46-36(49)31(18-11-19-41-38(39)40)44-34(47)21-27-14-7-4-8-15-27/h3-10,12-17,24-25,31-33,42H,11,18-23H2,1-2H3,(H,43,48)(H,44,47)(H,45,50)(H,46,49)(H4,39,40,41)/t31-,32-,33-/m0/s1. The number of fused-ring (bicyclic) bond motifs is 1. The zero-order valence-corrected chi connectivity index (χ0v) is 28.7. The van der Waals surface area contributed by atoms with E-state index in [4.69, 9.17) is 11.5 Å². The van der Waals surface area contributed by atoms with Crippen LogP contribution in [0.4, 0.5) is 0 Å². The predicted octanol–water partition coefficient (Wildman–Crippen LogP) is 2.48. The Balaban J connectivity index is 1.59. The fourth-order valence-corrected chi connectivity index (χ4v) is 5.56. The second-order valence-electron chi connectivity index (χ2n) is 12.7. The maximum absolute atomic E-state index is 14.2. The molecule has 0 spiro atoms. The molecular weight excluding hydrogens is 632 g/mol. The molecule has 12 heteroatoms. The Hall–Kier alpha value is -5.65. The molecule has 9 N–H and O–H groups in total. The number of benzene rings is 3. The predicted molar refractivity (Wildman–Crippen MR) is 196 cm³/mol. The van der Waals surface area contributed by atoms with Gasteiger partial charge in [-0.3, -0.25) is 24.2 Å². The van der Waals surface area contributed by atoms with Crippen LogP contribution in [-0.2, 0) is 38.4 Å². The summed E-state index contributed by atoms with van der Waals surface area (Å²) >= 11 is 0. The molecule has 0 saturated carbocycles. The van der Waals surface area contributed by atoms with Crippen molar-refractivity contribution >= 4 is 40.5 Å². The van der Waals surface area contributed by atoms with E-state index in [1.807, 2.05) is 105 Å². The summed E-state index contributed by atoms with van der Waals surface area (Å²) in [5, 5.41) is 12.5. The topological polar surface area (TPSA) is 197 Å². The lowest BCUT2D eigenvalue weighted by atomic mass is 10.0. The van der Waals surface area contributed by atoms with Crippen LogP contribution in [0.15, 0.2) is 96.1 Å². The van der Waals surface area contributed by atoms with Crippen molar-refractivity contribution in [1.29, 1.82) is 0 Å². The number of aromatic nitrogens is 1. The van der Waals surface area contributed by atoms with Crippen molar-refractivity contribution in [2.75, 3.05) is 13.1 Å². The smallest absolute Gasteiger partial charge is 0.243 e. The number of nitrogens with zero attached hydrogens (tertiary/aromatic N) is 1. The Morgan fingerprint density at radius 3 is 1.98 bits per heavy atom. The highest BCUT2D eigenvalue weighted by molar-refractivity contribution is 5.95. The minimum atomic E-state index is -1.08. The van der Waals surface area contributed by atoms with Crippen molar-refractivity contribution in [3.63, 3.8) is 0 Å². The van der Waals surface area contributed by atoms with Crippen LogP contribution in [0.5, 0.6) is 0 Å². The number of hydrogen-bond donors (Lipinski definition) is 7. The Morgan fingerprint density at radius 2 is 1.32 bits per heavy atom. The number of hydrogen-bond acceptors (Lipinski definition) is 5. The fraction of sp³-hybridized carbons (Fsp3) is 0.342. The molecule has 0 unspecified atom stereocenters. The zero-order chi connectivity index (χ0) is 35.9. The van der Waals surface area contributed by atoms with Gasteiger partial charge >= 0.3 is 0 Å². The first-order chi connectivity index (χ1) is 24.1. The van der Waals surface area contributed by atoms with E-state index in [1.165, 1.54) is 0 Å². The molecule has 0 fully saturated rings. The Kier molecular flexibility index (Phi) is 14.0. The van der Waals surface area contributed by atoms with Crippen molar-refractivity contribution in [2.24, 2.45) is 22.4 Å². The van der Waals surface area contributed by atoms with Gasteiger partial charge in [0.05, 0.1) is 6.42 Å². The Bertz CT molecular complexity index is 1740. The number of carbonyl (C=O) groups is 4. The third-order valence-corrected chi connectivity index (χ3v) is 8.14. The van der Waals surface area contributed by atoms with Crippen molar-refractivity contribution in [3.8, 4) is 0 Å². The number of para-hydroxylation sites is 1. The van der Waals surface area contributed by atoms with Crippen LogP contribution in [0.1, 0.15) is 43.4 Å². The summed E-state index contributed by atoms with van der Waals surface area (Å²) in [6, 6.07) is 23.3. The van der Waals surface area contributed by atoms with Gasteiger partial charge in [-0.05, 0) is 41.5 Å². The van der Waals surface area contributed by atoms with Crippen LogP contribution in [0.2, 0.25) is 0 Å². The molecule has 4 aromatic rings. The summed E-state index contributed by atoms with van der Waals surface area (Å²) < 4.78 is 0. The van der Waals surface area contributed by atoms with Gasteiger partial charge < -0.3 is 37.7 Å². The third-order valence-electron chi connectivity index (χ3n) is 8.14. The largest absolute Gasteiger partial charge is 0.370 e. The zero-order valence-electron chi connectivity index (χ0n) is 28.7. The molecule has 0 radical (unpaired) electrons. The molecule has 264 valence electrons. The van der Waals surface area contributed by atoms with Gasteiger partial charge in [0.1, 0.15) is 18.1 Å². The van der Waals surface area contributed by atoms with E-state index in [0.717, 1.165) is 27.6 Å². The molecule has 4 rings (SSSR count). The minimum absolute atomic E-state index is 0.0722. The SMILES string of the molecule is CC(C)CNC(=O)[C@H](Cc1ccccc1)NC(=O)[C@H](Cc1c[nH]c2ccccc12)NC(=O)[C@H](CCCN=C(N)N)NC(=O)Cc1ccccc1. The minimum Gasteiger partial charge on any atom is -0.370 e. The van der Waals surface area contributed by atoms with E-state index >= 15 is 0 Å². The first kappa shape index (κ1) is 37.2. The second-order valence-corrected chi connectivity index (χ2v) is 12.7. The summed E-state index contributed by atoms with van der Waals surface area (Å²) in [5.41, 5.74) is 14.3. The third kappa shape index (κ3) is 11.8. The van der Waals surface area contributed by atoms with Gasteiger partial charge in [-0.25, -0.2) is 0 Å². The molecule has 50 heavy (non-hydrogen) atoms. The molecule has 12 nitrogen and oxygen atoms in total. The molecule has 1 heterocycles. The van der Waals surface area contributed by atoms with Crippen molar-refractivity contribution < 1.29 is 19.2 Å². The molecule has 3 aromatic carbocycles. The summed E-state index contributed by atoms with van der Waals surface area (Å²) in [6.45, 7) is 4.68. The quantitative estimate of drug-likeness (QED) is 0.0479. The van der Waals surface area contributed by atoms with Gasteiger partial charge in [0, 0.05) is 43.0 Å². The molecule has 3 atom stereocenters. The number of aromatic amines is 1. The highest BCUT2D eigenvalue weighted by Crippen LogP contribution is 2.20. The van der Waals surface area contributed by atoms with Gasteiger partial charge in [0.25, 0.3) is 0 Å². The van der Waals surface area contributed by atoms with E-state index < -0.39 is 29.9 Å². The van der Waals surface area contributed by atoms with Gasteiger partial charge in [-0.2, -0.15) is 0 Å². The average molecular weight is 681 g/mol. The number of guanidine groups is 1. The lowest BCUT2D eigenvalue weighted by Gasteiger charge is -2.26. The maximum atomic E-state index is 14.2. The van der Waals surface area contributed by atoms with Crippen LogP contribution in [0, 0.1) is 5.92 Å². The van der Waals surface area contributed by atoms with Crippen LogP contribution in [-0.4, -0.2) is 65.8 Å². The molecule has 4 amide bonds.